The molecule has 1 unspecified atom stereocenters. The Labute approximate surface area is 111 Å². The van der Waals surface area contributed by atoms with Crippen molar-refractivity contribution in [1.82, 2.24) is 14.9 Å². The second kappa shape index (κ2) is 6.26. The molecule has 1 atom stereocenters. The lowest BCUT2D eigenvalue weighted by molar-refractivity contribution is -0.149. The van der Waals surface area contributed by atoms with Crippen LogP contribution < -0.4 is 0 Å². The maximum atomic E-state index is 12.3. The summed E-state index contributed by atoms with van der Waals surface area (Å²) in [5, 5.41) is 0. The highest BCUT2D eigenvalue weighted by molar-refractivity contribution is 5.95. The van der Waals surface area contributed by atoms with Crippen molar-refractivity contribution in [3.63, 3.8) is 0 Å². The lowest BCUT2D eigenvalue weighted by atomic mass is 10.0. The molecule has 6 heteroatoms. The van der Waals surface area contributed by atoms with E-state index in [0.29, 0.717) is 19.6 Å². The van der Waals surface area contributed by atoms with Gasteiger partial charge in [0.2, 0.25) is 0 Å². The molecule has 19 heavy (non-hydrogen) atoms. The third-order valence-corrected chi connectivity index (χ3v) is 3.10. The van der Waals surface area contributed by atoms with Crippen molar-refractivity contribution < 1.29 is 14.3 Å². The summed E-state index contributed by atoms with van der Waals surface area (Å²) in [6, 6.07) is -0.497. The Morgan fingerprint density at radius 2 is 2.26 bits per heavy atom. The molecule has 0 bridgehead atoms. The molecular formula is C13H17N3O3. The molecule has 0 radical (unpaired) electrons. The summed E-state index contributed by atoms with van der Waals surface area (Å²) in [6.45, 7) is 2.64. The van der Waals surface area contributed by atoms with Gasteiger partial charge in [0.15, 0.2) is 0 Å². The van der Waals surface area contributed by atoms with Crippen molar-refractivity contribution in [2.45, 2.75) is 32.2 Å². The number of carbonyl (C=O) groups excluding carboxylic acids is 2. The Hall–Kier alpha value is -1.98. The average molecular weight is 263 g/mol. The Bertz CT molecular complexity index is 450. The van der Waals surface area contributed by atoms with Gasteiger partial charge < -0.3 is 9.64 Å². The molecule has 0 aromatic carbocycles. The van der Waals surface area contributed by atoms with Gasteiger partial charge in [-0.05, 0) is 26.2 Å². The summed E-state index contributed by atoms with van der Waals surface area (Å²) in [7, 11) is 0. The molecule has 1 amide bonds. The van der Waals surface area contributed by atoms with Crippen LogP contribution in [-0.4, -0.2) is 45.9 Å². The molecule has 102 valence electrons. The molecule has 1 aliphatic heterocycles. The number of nitrogens with zero attached hydrogens (tertiary/aromatic N) is 3. The van der Waals surface area contributed by atoms with Gasteiger partial charge in [0.05, 0.1) is 12.8 Å². The molecule has 1 aromatic rings. The van der Waals surface area contributed by atoms with Gasteiger partial charge in [0, 0.05) is 18.9 Å². The smallest absolute Gasteiger partial charge is 0.328 e. The van der Waals surface area contributed by atoms with Crippen LogP contribution in [0.2, 0.25) is 0 Å². The SMILES string of the molecule is CCOC(=O)C1CCCCN1C(=O)c1cnccn1. The van der Waals surface area contributed by atoms with Crippen molar-refractivity contribution in [2.75, 3.05) is 13.2 Å². The summed E-state index contributed by atoms with van der Waals surface area (Å²) in [4.78, 5) is 33.6. The fourth-order valence-corrected chi connectivity index (χ4v) is 2.21. The molecule has 1 saturated heterocycles. The minimum absolute atomic E-state index is 0.258. The summed E-state index contributed by atoms with van der Waals surface area (Å²) in [6.07, 6.45) is 6.85. The highest BCUT2D eigenvalue weighted by Crippen LogP contribution is 2.20. The summed E-state index contributed by atoms with van der Waals surface area (Å²) >= 11 is 0. The van der Waals surface area contributed by atoms with Gasteiger partial charge in [-0.3, -0.25) is 9.78 Å². The number of hydrogen-bond acceptors (Lipinski definition) is 5. The van der Waals surface area contributed by atoms with Crippen LogP contribution in [0.4, 0.5) is 0 Å². The topological polar surface area (TPSA) is 72.4 Å². The van der Waals surface area contributed by atoms with E-state index in [2.05, 4.69) is 9.97 Å². The molecule has 2 rings (SSSR count). The Kier molecular flexibility index (Phi) is 4.43. The number of aromatic nitrogens is 2. The number of likely N-dealkylation sites (tertiary alicyclic amines) is 1. The molecular weight excluding hydrogens is 246 g/mol. The van der Waals surface area contributed by atoms with Crippen LogP contribution in [0.15, 0.2) is 18.6 Å². The third kappa shape index (κ3) is 3.07. The number of ether oxygens (including phenoxy) is 1. The number of rotatable bonds is 3. The lowest BCUT2D eigenvalue weighted by Gasteiger charge is -2.33. The van der Waals surface area contributed by atoms with E-state index in [1.165, 1.54) is 18.6 Å². The average Bonchev–Trinajstić information content (AvgIpc) is 2.47. The maximum Gasteiger partial charge on any atom is 0.328 e. The predicted octanol–water partition coefficient (Wildman–Crippen LogP) is 1.03. The van der Waals surface area contributed by atoms with Crippen molar-refractivity contribution in [3.8, 4) is 0 Å². The van der Waals surface area contributed by atoms with Crippen molar-refractivity contribution in [1.29, 1.82) is 0 Å². The van der Waals surface area contributed by atoms with E-state index in [1.807, 2.05) is 0 Å². The molecule has 1 fully saturated rings. The number of piperidine rings is 1. The standard InChI is InChI=1S/C13H17N3O3/c1-2-19-13(18)11-5-3-4-8-16(11)12(17)10-9-14-6-7-15-10/h6-7,9,11H,2-5,8H2,1H3. The first-order valence-corrected chi connectivity index (χ1v) is 6.47. The molecule has 0 aliphatic carbocycles. The summed E-state index contributed by atoms with van der Waals surface area (Å²) < 4.78 is 5.03. The zero-order valence-electron chi connectivity index (χ0n) is 10.9. The Morgan fingerprint density at radius 1 is 1.42 bits per heavy atom. The van der Waals surface area contributed by atoms with Gasteiger partial charge in [-0.25, -0.2) is 9.78 Å². The normalized spacial score (nSPS) is 19.0. The van der Waals surface area contributed by atoms with Crippen LogP contribution in [0.25, 0.3) is 0 Å². The zero-order chi connectivity index (χ0) is 13.7. The monoisotopic (exact) mass is 263 g/mol. The number of esters is 1. The highest BCUT2D eigenvalue weighted by atomic mass is 16.5. The van der Waals surface area contributed by atoms with Gasteiger partial charge in [0.1, 0.15) is 11.7 Å². The lowest BCUT2D eigenvalue weighted by Crippen LogP contribution is -2.48. The number of carbonyl (C=O) groups is 2. The van der Waals surface area contributed by atoms with Gasteiger partial charge in [0.25, 0.3) is 5.91 Å². The summed E-state index contributed by atoms with van der Waals surface area (Å²) in [5.74, 6) is -0.592. The minimum Gasteiger partial charge on any atom is -0.464 e. The van der Waals surface area contributed by atoms with Crippen LogP contribution in [0.1, 0.15) is 36.7 Å². The molecule has 2 heterocycles. The van der Waals surface area contributed by atoms with Gasteiger partial charge in [-0.2, -0.15) is 0 Å². The molecule has 1 aliphatic rings. The Morgan fingerprint density at radius 3 is 2.95 bits per heavy atom. The van der Waals surface area contributed by atoms with Crippen LogP contribution in [0, 0.1) is 0 Å². The van der Waals surface area contributed by atoms with Crippen molar-refractivity contribution >= 4 is 11.9 Å². The molecule has 0 N–H and O–H groups in total. The molecule has 6 nitrogen and oxygen atoms in total. The quantitative estimate of drug-likeness (QED) is 0.762. The highest BCUT2D eigenvalue weighted by Gasteiger charge is 2.34. The zero-order valence-corrected chi connectivity index (χ0v) is 10.9. The van der Waals surface area contributed by atoms with E-state index in [0.717, 1.165) is 12.8 Å². The maximum absolute atomic E-state index is 12.3. The molecule has 0 spiro atoms. The largest absolute Gasteiger partial charge is 0.464 e. The Balaban J connectivity index is 2.15. The van der Waals surface area contributed by atoms with E-state index >= 15 is 0 Å². The van der Waals surface area contributed by atoms with Crippen molar-refractivity contribution in [2.24, 2.45) is 0 Å². The van der Waals surface area contributed by atoms with Crippen LogP contribution in [0.3, 0.4) is 0 Å². The summed E-state index contributed by atoms with van der Waals surface area (Å²) in [5.41, 5.74) is 0.263. The van der Waals surface area contributed by atoms with Crippen LogP contribution in [-0.2, 0) is 9.53 Å². The van der Waals surface area contributed by atoms with Gasteiger partial charge in [-0.1, -0.05) is 0 Å². The van der Waals surface area contributed by atoms with E-state index in [9.17, 15) is 9.59 Å². The van der Waals surface area contributed by atoms with Crippen LogP contribution in [0.5, 0.6) is 0 Å². The minimum atomic E-state index is -0.497. The van der Waals surface area contributed by atoms with E-state index in [4.69, 9.17) is 4.74 Å². The fraction of sp³-hybridized carbons (Fsp3) is 0.538. The van der Waals surface area contributed by atoms with Crippen molar-refractivity contribution in [3.05, 3.63) is 24.3 Å². The third-order valence-electron chi connectivity index (χ3n) is 3.10. The fourth-order valence-electron chi connectivity index (χ4n) is 2.21. The van der Waals surface area contributed by atoms with Gasteiger partial charge in [-0.15, -0.1) is 0 Å². The number of hydrogen-bond donors (Lipinski definition) is 0. The molecule has 0 saturated carbocycles. The van der Waals surface area contributed by atoms with E-state index < -0.39 is 6.04 Å². The van der Waals surface area contributed by atoms with Crippen LogP contribution >= 0.6 is 0 Å². The predicted molar refractivity (Wildman–Crippen MR) is 67.3 cm³/mol. The van der Waals surface area contributed by atoms with Gasteiger partial charge >= 0.3 is 5.97 Å². The first kappa shape index (κ1) is 13.5. The first-order valence-electron chi connectivity index (χ1n) is 6.47. The van der Waals surface area contributed by atoms with E-state index in [-0.39, 0.29) is 17.6 Å². The van der Waals surface area contributed by atoms with E-state index in [1.54, 1.807) is 11.8 Å². The second-order valence-electron chi connectivity index (χ2n) is 4.35. The first-order chi connectivity index (χ1) is 9.24. The second-order valence-corrected chi connectivity index (χ2v) is 4.35. The molecule has 1 aromatic heterocycles. The number of amides is 1.